The molecule has 1 N–H and O–H groups in total. The van der Waals surface area contributed by atoms with Gasteiger partial charge < -0.3 is 9.84 Å². The van der Waals surface area contributed by atoms with Crippen LogP contribution in [0.3, 0.4) is 0 Å². The summed E-state index contributed by atoms with van der Waals surface area (Å²) in [5.74, 6) is 0.0127. The van der Waals surface area contributed by atoms with Crippen molar-refractivity contribution in [2.75, 3.05) is 0 Å². The van der Waals surface area contributed by atoms with Crippen LogP contribution in [0.2, 0.25) is 0 Å². The van der Waals surface area contributed by atoms with Gasteiger partial charge in [-0.25, -0.2) is 0 Å². The summed E-state index contributed by atoms with van der Waals surface area (Å²) in [4.78, 5) is 10.6. The quantitative estimate of drug-likeness (QED) is 0.629. The molecular formula is C9H14O3. The van der Waals surface area contributed by atoms with Crippen molar-refractivity contribution in [2.24, 2.45) is 0 Å². The number of carbonyl (C=O) groups excluding carboxylic acids is 1. The molecule has 68 valence electrons. The Balaban J connectivity index is 2.36. The second-order valence-electron chi connectivity index (χ2n) is 3.03. The average molecular weight is 170 g/mol. The van der Waals surface area contributed by atoms with E-state index in [1.165, 1.54) is 13.0 Å². The molecule has 1 rings (SSSR count). The predicted molar refractivity (Wildman–Crippen MR) is 44.6 cm³/mol. The molecule has 0 aromatic carbocycles. The Labute approximate surface area is 72.0 Å². The van der Waals surface area contributed by atoms with Crippen LogP contribution in [0.15, 0.2) is 12.2 Å². The highest BCUT2D eigenvalue weighted by Crippen LogP contribution is 2.17. The molecule has 0 amide bonds. The van der Waals surface area contributed by atoms with Gasteiger partial charge in [-0.05, 0) is 32.3 Å². The van der Waals surface area contributed by atoms with Crippen molar-refractivity contribution in [2.45, 2.75) is 38.6 Å². The topological polar surface area (TPSA) is 46.5 Å². The minimum absolute atomic E-state index is 0.0127. The van der Waals surface area contributed by atoms with Crippen LogP contribution in [0.5, 0.6) is 0 Å². The number of allylic oxidation sites excluding steroid dienone is 1. The van der Waals surface area contributed by atoms with Crippen molar-refractivity contribution >= 4 is 5.78 Å². The number of hydrogen-bond donors (Lipinski definition) is 1. The third kappa shape index (κ3) is 3.15. The fraction of sp³-hybridized carbons (Fsp3) is 0.667. The lowest BCUT2D eigenvalue weighted by molar-refractivity contribution is -0.148. The van der Waals surface area contributed by atoms with E-state index in [-0.39, 0.29) is 11.9 Å². The third-order valence-corrected chi connectivity index (χ3v) is 1.82. The van der Waals surface area contributed by atoms with Gasteiger partial charge in [0.1, 0.15) is 0 Å². The monoisotopic (exact) mass is 170 g/mol. The summed E-state index contributed by atoms with van der Waals surface area (Å²) in [7, 11) is 0. The Morgan fingerprint density at radius 2 is 2.33 bits per heavy atom. The van der Waals surface area contributed by atoms with E-state index in [9.17, 15) is 4.79 Å². The van der Waals surface area contributed by atoms with E-state index in [1.807, 2.05) is 0 Å². The summed E-state index contributed by atoms with van der Waals surface area (Å²) in [5, 5.41) is 9.10. The Hall–Kier alpha value is -0.670. The van der Waals surface area contributed by atoms with Crippen LogP contribution in [0.25, 0.3) is 0 Å². The number of aliphatic hydroxyl groups is 1. The smallest absolute Gasteiger partial charge is 0.155 e. The van der Waals surface area contributed by atoms with E-state index in [0.29, 0.717) is 6.42 Å². The molecule has 0 aliphatic carbocycles. The molecular weight excluding hydrogens is 156 g/mol. The second kappa shape index (κ2) is 4.38. The first-order valence-electron chi connectivity index (χ1n) is 4.21. The van der Waals surface area contributed by atoms with Gasteiger partial charge in [-0.15, -0.1) is 0 Å². The van der Waals surface area contributed by atoms with Gasteiger partial charge in [0.15, 0.2) is 12.1 Å². The first-order valence-corrected chi connectivity index (χ1v) is 4.21. The maximum atomic E-state index is 10.6. The van der Waals surface area contributed by atoms with Crippen molar-refractivity contribution in [1.29, 1.82) is 0 Å². The zero-order chi connectivity index (χ0) is 8.97. The normalized spacial score (nSPS) is 30.8. The lowest BCUT2D eigenvalue weighted by Crippen LogP contribution is -2.25. The van der Waals surface area contributed by atoms with Gasteiger partial charge in [-0.3, -0.25) is 4.79 Å². The fourth-order valence-electron chi connectivity index (χ4n) is 1.22. The highest BCUT2D eigenvalue weighted by molar-refractivity contribution is 5.87. The lowest BCUT2D eigenvalue weighted by Gasteiger charge is -2.24. The molecule has 3 heteroatoms. The van der Waals surface area contributed by atoms with Gasteiger partial charge >= 0.3 is 0 Å². The summed E-state index contributed by atoms with van der Waals surface area (Å²) < 4.78 is 5.15. The molecule has 0 spiro atoms. The van der Waals surface area contributed by atoms with Crippen molar-refractivity contribution < 1.29 is 14.6 Å². The zero-order valence-electron chi connectivity index (χ0n) is 7.19. The van der Waals surface area contributed by atoms with Gasteiger partial charge in [-0.2, -0.15) is 0 Å². The molecule has 0 bridgehead atoms. The Morgan fingerprint density at radius 1 is 1.58 bits per heavy atom. The summed E-state index contributed by atoms with van der Waals surface area (Å²) in [6.45, 7) is 1.50. The molecule has 0 aromatic rings. The van der Waals surface area contributed by atoms with Crippen LogP contribution in [0, 0.1) is 0 Å². The molecule has 0 aromatic heterocycles. The van der Waals surface area contributed by atoms with Gasteiger partial charge in [0.2, 0.25) is 0 Å². The van der Waals surface area contributed by atoms with E-state index in [4.69, 9.17) is 9.84 Å². The minimum atomic E-state index is -0.652. The Morgan fingerprint density at radius 3 is 2.92 bits per heavy atom. The lowest BCUT2D eigenvalue weighted by atomic mass is 10.1. The molecule has 1 heterocycles. The molecule has 0 radical (unpaired) electrons. The number of ether oxygens (including phenoxy) is 1. The maximum Gasteiger partial charge on any atom is 0.155 e. The van der Waals surface area contributed by atoms with Gasteiger partial charge in [0, 0.05) is 0 Å². The highest BCUT2D eigenvalue weighted by atomic mass is 16.6. The van der Waals surface area contributed by atoms with Crippen LogP contribution in [0.1, 0.15) is 26.2 Å². The Kier molecular flexibility index (Phi) is 3.44. The molecule has 2 atom stereocenters. The van der Waals surface area contributed by atoms with Crippen LogP contribution in [-0.4, -0.2) is 23.3 Å². The summed E-state index contributed by atoms with van der Waals surface area (Å²) >= 11 is 0. The van der Waals surface area contributed by atoms with Crippen LogP contribution < -0.4 is 0 Å². The second-order valence-corrected chi connectivity index (χ2v) is 3.03. The van der Waals surface area contributed by atoms with Gasteiger partial charge in [-0.1, -0.05) is 6.08 Å². The van der Waals surface area contributed by atoms with Crippen molar-refractivity contribution in [3.8, 4) is 0 Å². The van der Waals surface area contributed by atoms with Crippen LogP contribution in [-0.2, 0) is 9.53 Å². The van der Waals surface area contributed by atoms with Crippen molar-refractivity contribution in [3.63, 3.8) is 0 Å². The van der Waals surface area contributed by atoms with Gasteiger partial charge in [0.25, 0.3) is 0 Å². The van der Waals surface area contributed by atoms with Gasteiger partial charge in [0.05, 0.1) is 6.10 Å². The van der Waals surface area contributed by atoms with E-state index in [2.05, 4.69) is 0 Å². The largest absolute Gasteiger partial charge is 0.368 e. The number of rotatable bonds is 2. The SMILES string of the molecule is CC(=O)/C=C/C1CCCC(O)O1. The van der Waals surface area contributed by atoms with E-state index < -0.39 is 6.29 Å². The highest BCUT2D eigenvalue weighted by Gasteiger charge is 2.17. The third-order valence-electron chi connectivity index (χ3n) is 1.82. The average Bonchev–Trinajstić information content (AvgIpc) is 2.01. The number of hydrogen-bond acceptors (Lipinski definition) is 3. The predicted octanol–water partition coefficient (Wildman–Crippen LogP) is 1.02. The van der Waals surface area contributed by atoms with E-state index in [0.717, 1.165) is 12.8 Å². The molecule has 1 fully saturated rings. The van der Waals surface area contributed by atoms with E-state index in [1.54, 1.807) is 6.08 Å². The summed E-state index contributed by atoms with van der Waals surface area (Å²) in [6, 6.07) is 0. The maximum absolute atomic E-state index is 10.6. The summed E-state index contributed by atoms with van der Waals surface area (Å²) in [6.07, 6.45) is 5.00. The van der Waals surface area contributed by atoms with Crippen molar-refractivity contribution in [1.82, 2.24) is 0 Å². The molecule has 1 aliphatic rings. The molecule has 3 nitrogen and oxygen atoms in total. The first kappa shape index (κ1) is 9.42. The molecule has 0 saturated carbocycles. The fourth-order valence-corrected chi connectivity index (χ4v) is 1.22. The van der Waals surface area contributed by atoms with Crippen molar-refractivity contribution in [3.05, 3.63) is 12.2 Å². The number of aliphatic hydroxyl groups excluding tert-OH is 1. The van der Waals surface area contributed by atoms with Crippen LogP contribution in [0.4, 0.5) is 0 Å². The summed E-state index contributed by atoms with van der Waals surface area (Å²) in [5.41, 5.74) is 0. The standard InChI is InChI=1S/C9H14O3/c1-7(10)5-6-8-3-2-4-9(11)12-8/h5-6,8-9,11H,2-4H2,1H3/b6-5+. The number of ketones is 1. The first-order chi connectivity index (χ1) is 5.68. The molecule has 2 unspecified atom stereocenters. The number of carbonyl (C=O) groups is 1. The zero-order valence-corrected chi connectivity index (χ0v) is 7.19. The molecule has 12 heavy (non-hydrogen) atoms. The minimum Gasteiger partial charge on any atom is -0.368 e. The van der Waals surface area contributed by atoms with E-state index >= 15 is 0 Å². The molecule has 1 aliphatic heterocycles. The Bertz CT molecular complexity index is 186. The van der Waals surface area contributed by atoms with Crippen LogP contribution >= 0.6 is 0 Å². The molecule has 1 saturated heterocycles.